The lowest BCUT2D eigenvalue weighted by Gasteiger charge is -2.12. The van der Waals surface area contributed by atoms with Gasteiger partial charge in [-0.25, -0.2) is 4.98 Å². The molecule has 1 N–H and O–H groups in total. The number of hydrogen-bond donors (Lipinski definition) is 1. The normalized spacial score (nSPS) is 11.5. The van der Waals surface area contributed by atoms with Gasteiger partial charge in [0.15, 0.2) is 0 Å². The van der Waals surface area contributed by atoms with Crippen LogP contribution < -0.4 is 0 Å². The largest absolute Gasteiger partial charge is 0.507 e. The van der Waals surface area contributed by atoms with Crippen molar-refractivity contribution < 1.29 is 5.11 Å². The molecule has 0 unspecified atom stereocenters. The zero-order valence-corrected chi connectivity index (χ0v) is 25.6. The molecule has 0 aliphatic rings. The Kier molecular flexibility index (Phi) is 8.98. The summed E-state index contributed by atoms with van der Waals surface area (Å²) in [6, 6.07) is 39.6. The first-order valence-electron chi connectivity index (χ1n) is 15.8. The third-order valence-electron chi connectivity index (χ3n) is 8.17. The first-order valence-corrected chi connectivity index (χ1v) is 15.8. The molecule has 0 atom stereocenters. The number of hydrogen-bond acceptors (Lipinski definition) is 3. The summed E-state index contributed by atoms with van der Waals surface area (Å²) in [6.07, 6.45) is 8.08. The van der Waals surface area contributed by atoms with Gasteiger partial charge in [0.05, 0.1) is 16.7 Å². The molecule has 4 nitrogen and oxygen atoms in total. The standard InChI is InChI=1S/C40H39N3O/c1-3-5-16-29-26-31(17-6-4-2)39(44)32(27-29)28-41-36-24-14-13-22-35(36)40-42-38-34(30-18-9-7-10-19-30)23-15-25-37(38)43(40)33-20-11-8-12-21-33/h7-15,18-28,44H,3-6,16-17H2,1-2H3. The molecule has 5 aromatic carbocycles. The molecule has 0 saturated heterocycles. The number of aryl methyl sites for hydroxylation is 2. The van der Waals surface area contributed by atoms with Crippen molar-refractivity contribution in [3.63, 3.8) is 0 Å². The number of unbranched alkanes of at least 4 members (excludes halogenated alkanes) is 2. The van der Waals surface area contributed by atoms with Gasteiger partial charge in [0.1, 0.15) is 11.6 Å². The summed E-state index contributed by atoms with van der Waals surface area (Å²) in [5, 5.41) is 11.2. The molecule has 0 aliphatic carbocycles. The third kappa shape index (κ3) is 6.07. The molecule has 6 rings (SSSR count). The highest BCUT2D eigenvalue weighted by molar-refractivity contribution is 5.97. The Morgan fingerprint density at radius 1 is 0.727 bits per heavy atom. The number of phenols is 1. The number of benzene rings is 5. The average molecular weight is 578 g/mol. The maximum absolute atomic E-state index is 11.2. The Labute approximate surface area is 260 Å². The van der Waals surface area contributed by atoms with Gasteiger partial charge < -0.3 is 5.11 Å². The fraction of sp³-hybridized carbons (Fsp3) is 0.200. The Morgan fingerprint density at radius 2 is 1.41 bits per heavy atom. The number of aromatic nitrogens is 2. The summed E-state index contributed by atoms with van der Waals surface area (Å²) < 4.78 is 2.22. The van der Waals surface area contributed by atoms with Gasteiger partial charge in [0.25, 0.3) is 0 Å². The van der Waals surface area contributed by atoms with Crippen molar-refractivity contribution in [2.45, 2.75) is 52.4 Å². The molecule has 44 heavy (non-hydrogen) atoms. The zero-order chi connectivity index (χ0) is 30.3. The lowest BCUT2D eigenvalue weighted by Crippen LogP contribution is -1.98. The van der Waals surface area contributed by atoms with Crippen molar-refractivity contribution in [2.75, 3.05) is 0 Å². The minimum Gasteiger partial charge on any atom is -0.507 e. The molecule has 1 aromatic heterocycles. The van der Waals surface area contributed by atoms with Gasteiger partial charge in [0, 0.05) is 28.6 Å². The van der Waals surface area contributed by atoms with E-state index in [2.05, 4.69) is 103 Å². The van der Waals surface area contributed by atoms with Gasteiger partial charge in [-0.05, 0) is 78.8 Å². The van der Waals surface area contributed by atoms with Crippen LogP contribution >= 0.6 is 0 Å². The van der Waals surface area contributed by atoms with E-state index in [0.717, 1.165) is 94.6 Å². The van der Waals surface area contributed by atoms with Crippen LogP contribution in [-0.4, -0.2) is 20.9 Å². The van der Waals surface area contributed by atoms with E-state index in [9.17, 15) is 5.11 Å². The number of nitrogens with zero attached hydrogens (tertiary/aromatic N) is 3. The summed E-state index contributed by atoms with van der Waals surface area (Å²) in [5.74, 6) is 1.16. The van der Waals surface area contributed by atoms with Crippen LogP contribution in [0.5, 0.6) is 5.75 Å². The van der Waals surface area contributed by atoms with E-state index in [1.165, 1.54) is 5.56 Å². The van der Waals surface area contributed by atoms with Gasteiger partial charge in [-0.3, -0.25) is 9.56 Å². The lowest BCUT2D eigenvalue weighted by atomic mass is 9.97. The van der Waals surface area contributed by atoms with Crippen molar-refractivity contribution >= 4 is 22.9 Å². The topological polar surface area (TPSA) is 50.4 Å². The second-order valence-corrected chi connectivity index (χ2v) is 11.3. The fourth-order valence-electron chi connectivity index (χ4n) is 5.85. The van der Waals surface area contributed by atoms with Crippen LogP contribution in [0, 0.1) is 0 Å². The Bertz CT molecular complexity index is 1890. The maximum atomic E-state index is 11.2. The van der Waals surface area contributed by atoms with Gasteiger partial charge in [0.2, 0.25) is 0 Å². The van der Waals surface area contributed by atoms with Gasteiger partial charge >= 0.3 is 0 Å². The molecular formula is C40H39N3O. The van der Waals surface area contributed by atoms with Crippen LogP contribution in [0.15, 0.2) is 120 Å². The molecule has 0 radical (unpaired) electrons. The number of fused-ring (bicyclic) bond motifs is 1. The predicted octanol–water partition coefficient (Wildman–Crippen LogP) is 10.5. The summed E-state index contributed by atoms with van der Waals surface area (Å²) in [6.45, 7) is 4.39. The fourth-order valence-corrected chi connectivity index (χ4v) is 5.85. The van der Waals surface area contributed by atoms with Crippen LogP contribution in [0.4, 0.5) is 5.69 Å². The molecule has 6 aromatic rings. The lowest BCUT2D eigenvalue weighted by molar-refractivity contribution is 0.465. The Hall–Kier alpha value is -4.96. The van der Waals surface area contributed by atoms with E-state index >= 15 is 0 Å². The van der Waals surface area contributed by atoms with E-state index in [1.54, 1.807) is 0 Å². The van der Waals surface area contributed by atoms with Crippen molar-refractivity contribution in [1.29, 1.82) is 0 Å². The van der Waals surface area contributed by atoms with Crippen molar-refractivity contribution in [1.82, 2.24) is 9.55 Å². The SMILES string of the molecule is CCCCc1cc(C=Nc2ccccc2-c2nc3c(-c4ccccc4)cccc3n2-c2ccccc2)c(O)c(CCCC)c1. The summed E-state index contributed by atoms with van der Waals surface area (Å²) in [5.41, 5.74) is 9.99. The average Bonchev–Trinajstić information content (AvgIpc) is 3.47. The van der Waals surface area contributed by atoms with Gasteiger partial charge in [-0.2, -0.15) is 0 Å². The molecule has 220 valence electrons. The van der Waals surface area contributed by atoms with Gasteiger partial charge in [-0.15, -0.1) is 0 Å². The third-order valence-corrected chi connectivity index (χ3v) is 8.17. The number of phenolic OH excluding ortho intramolecular Hbond substituents is 1. The Morgan fingerprint density at radius 3 is 2.18 bits per heavy atom. The van der Waals surface area contributed by atoms with E-state index in [-0.39, 0.29) is 0 Å². The molecule has 4 heteroatoms. The number of aliphatic imine (C=N–C) groups is 1. The number of aromatic hydroxyl groups is 1. The molecular weight excluding hydrogens is 538 g/mol. The van der Waals surface area contributed by atoms with E-state index in [1.807, 2.05) is 36.5 Å². The molecule has 0 aliphatic heterocycles. The Balaban J connectivity index is 1.50. The highest BCUT2D eigenvalue weighted by atomic mass is 16.3. The summed E-state index contributed by atoms with van der Waals surface area (Å²) in [4.78, 5) is 10.3. The van der Waals surface area contributed by atoms with Crippen molar-refractivity contribution in [3.8, 4) is 34.0 Å². The monoisotopic (exact) mass is 577 g/mol. The van der Waals surface area contributed by atoms with Crippen molar-refractivity contribution in [2.24, 2.45) is 4.99 Å². The summed E-state index contributed by atoms with van der Waals surface area (Å²) in [7, 11) is 0. The highest BCUT2D eigenvalue weighted by Gasteiger charge is 2.19. The first-order chi connectivity index (χ1) is 21.7. The molecule has 0 amide bonds. The molecule has 0 fully saturated rings. The quantitative estimate of drug-likeness (QED) is 0.156. The minimum absolute atomic E-state index is 0.337. The van der Waals surface area contributed by atoms with Crippen LogP contribution in [0.2, 0.25) is 0 Å². The summed E-state index contributed by atoms with van der Waals surface area (Å²) >= 11 is 0. The highest BCUT2D eigenvalue weighted by Crippen LogP contribution is 2.38. The van der Waals surface area contributed by atoms with Crippen LogP contribution in [0.1, 0.15) is 56.2 Å². The number of para-hydroxylation sites is 3. The van der Waals surface area contributed by atoms with E-state index in [4.69, 9.17) is 9.98 Å². The van der Waals surface area contributed by atoms with Gasteiger partial charge in [-0.1, -0.05) is 106 Å². The minimum atomic E-state index is 0.337. The van der Waals surface area contributed by atoms with E-state index < -0.39 is 0 Å². The molecule has 0 spiro atoms. The second-order valence-electron chi connectivity index (χ2n) is 11.3. The molecule has 0 saturated carbocycles. The van der Waals surface area contributed by atoms with E-state index in [0.29, 0.717) is 5.75 Å². The smallest absolute Gasteiger partial charge is 0.147 e. The maximum Gasteiger partial charge on any atom is 0.147 e. The number of rotatable bonds is 11. The van der Waals surface area contributed by atoms with Crippen LogP contribution in [0.3, 0.4) is 0 Å². The van der Waals surface area contributed by atoms with Crippen molar-refractivity contribution in [3.05, 3.63) is 132 Å². The zero-order valence-electron chi connectivity index (χ0n) is 25.6. The molecule has 1 heterocycles. The second kappa shape index (κ2) is 13.6. The van der Waals surface area contributed by atoms with Crippen LogP contribution in [0.25, 0.3) is 39.2 Å². The predicted molar refractivity (Wildman–Crippen MR) is 185 cm³/mol. The van der Waals surface area contributed by atoms with Crippen LogP contribution in [-0.2, 0) is 12.8 Å². The number of imidazole rings is 1. The molecule has 0 bridgehead atoms. The first kappa shape index (κ1) is 29.1.